The molecule has 1 aliphatic heterocycles. The van der Waals surface area contributed by atoms with Crippen LogP contribution in [0.1, 0.15) is 17.4 Å². The van der Waals surface area contributed by atoms with Crippen molar-refractivity contribution >= 4 is 17.5 Å². The summed E-state index contributed by atoms with van der Waals surface area (Å²) in [6, 6.07) is 15.5. The highest BCUT2D eigenvalue weighted by atomic mass is 19.1. The third-order valence-electron chi connectivity index (χ3n) is 5.85. The Morgan fingerprint density at radius 3 is 2.09 bits per heavy atom. The van der Waals surface area contributed by atoms with E-state index in [0.717, 1.165) is 18.8 Å². The van der Waals surface area contributed by atoms with E-state index in [0.29, 0.717) is 24.4 Å². The van der Waals surface area contributed by atoms with E-state index in [4.69, 9.17) is 4.42 Å². The number of hydrogen-bond acceptors (Lipinski definition) is 5. The number of amides is 2. The van der Waals surface area contributed by atoms with Gasteiger partial charge in [0.15, 0.2) is 0 Å². The lowest BCUT2D eigenvalue weighted by atomic mass is 10.1. The first-order valence-corrected chi connectivity index (χ1v) is 11.1. The standard InChI is InChI=1S/C25H26F2N4O3/c26-19-5-3-18(4-6-19)16-28-24(32)25(33)29-17-22(23-2-1-15-34-23)31-13-11-30(12-14-31)21-9-7-20(27)8-10-21/h1-10,15,22H,11-14,16-17H2,(H,28,32)(H,29,33). The van der Waals surface area contributed by atoms with Crippen LogP contribution in [0.25, 0.3) is 0 Å². The van der Waals surface area contributed by atoms with Gasteiger partial charge in [0.1, 0.15) is 17.4 Å². The molecule has 0 saturated carbocycles. The second-order valence-electron chi connectivity index (χ2n) is 8.05. The molecule has 0 bridgehead atoms. The Morgan fingerprint density at radius 1 is 0.853 bits per heavy atom. The van der Waals surface area contributed by atoms with Crippen LogP contribution < -0.4 is 15.5 Å². The van der Waals surface area contributed by atoms with Gasteiger partial charge in [0.2, 0.25) is 0 Å². The van der Waals surface area contributed by atoms with E-state index < -0.39 is 11.8 Å². The quantitative estimate of drug-likeness (QED) is 0.522. The lowest BCUT2D eigenvalue weighted by Crippen LogP contribution is -2.50. The molecule has 1 aliphatic rings. The summed E-state index contributed by atoms with van der Waals surface area (Å²) in [5.74, 6) is -1.44. The van der Waals surface area contributed by atoms with Crippen molar-refractivity contribution in [2.75, 3.05) is 37.6 Å². The van der Waals surface area contributed by atoms with Gasteiger partial charge in [-0.3, -0.25) is 14.5 Å². The normalized spacial score (nSPS) is 15.1. The smallest absolute Gasteiger partial charge is 0.309 e. The van der Waals surface area contributed by atoms with Gasteiger partial charge in [0, 0.05) is 45.0 Å². The molecule has 4 rings (SSSR count). The van der Waals surface area contributed by atoms with Crippen molar-refractivity contribution < 1.29 is 22.8 Å². The van der Waals surface area contributed by atoms with E-state index in [1.165, 1.54) is 24.3 Å². The maximum absolute atomic E-state index is 13.2. The second kappa shape index (κ2) is 10.9. The van der Waals surface area contributed by atoms with Crippen molar-refractivity contribution in [3.05, 3.63) is 89.9 Å². The van der Waals surface area contributed by atoms with E-state index in [9.17, 15) is 18.4 Å². The Kier molecular flexibility index (Phi) is 7.54. The highest BCUT2D eigenvalue weighted by Crippen LogP contribution is 2.24. The summed E-state index contributed by atoms with van der Waals surface area (Å²) < 4.78 is 31.8. The number of benzene rings is 2. The van der Waals surface area contributed by atoms with Gasteiger partial charge >= 0.3 is 11.8 Å². The molecule has 34 heavy (non-hydrogen) atoms. The van der Waals surface area contributed by atoms with Gasteiger partial charge in [-0.25, -0.2) is 8.78 Å². The van der Waals surface area contributed by atoms with Gasteiger partial charge in [-0.05, 0) is 54.1 Å². The number of piperazine rings is 1. The number of furan rings is 1. The van der Waals surface area contributed by atoms with E-state index in [1.807, 2.05) is 6.07 Å². The summed E-state index contributed by atoms with van der Waals surface area (Å²) >= 11 is 0. The summed E-state index contributed by atoms with van der Waals surface area (Å²) in [4.78, 5) is 29.0. The molecule has 0 radical (unpaired) electrons. The summed E-state index contributed by atoms with van der Waals surface area (Å²) in [5.41, 5.74) is 1.65. The first-order chi connectivity index (χ1) is 16.5. The summed E-state index contributed by atoms with van der Waals surface area (Å²) in [6.07, 6.45) is 1.58. The van der Waals surface area contributed by atoms with Gasteiger partial charge in [-0.15, -0.1) is 0 Å². The molecule has 0 spiro atoms. The average Bonchev–Trinajstić information content (AvgIpc) is 3.39. The van der Waals surface area contributed by atoms with Crippen LogP contribution in [0.2, 0.25) is 0 Å². The van der Waals surface area contributed by atoms with E-state index in [-0.39, 0.29) is 30.8 Å². The highest BCUT2D eigenvalue weighted by Gasteiger charge is 2.28. The van der Waals surface area contributed by atoms with E-state index >= 15 is 0 Å². The Bertz CT molecular complexity index is 1080. The zero-order valence-corrected chi connectivity index (χ0v) is 18.5. The van der Waals surface area contributed by atoms with Crippen molar-refractivity contribution in [1.29, 1.82) is 0 Å². The van der Waals surface area contributed by atoms with Crippen molar-refractivity contribution in [3.8, 4) is 0 Å². The lowest BCUT2D eigenvalue weighted by molar-refractivity contribution is -0.139. The van der Waals surface area contributed by atoms with Crippen LogP contribution in [0.5, 0.6) is 0 Å². The number of carbonyl (C=O) groups excluding carboxylic acids is 2. The van der Waals surface area contributed by atoms with Crippen molar-refractivity contribution in [2.45, 2.75) is 12.6 Å². The Hall–Kier alpha value is -3.72. The first-order valence-electron chi connectivity index (χ1n) is 11.1. The van der Waals surface area contributed by atoms with Crippen LogP contribution >= 0.6 is 0 Å². The van der Waals surface area contributed by atoms with Crippen LogP contribution in [0, 0.1) is 11.6 Å². The molecule has 1 fully saturated rings. The van der Waals surface area contributed by atoms with Crippen LogP contribution in [0.3, 0.4) is 0 Å². The van der Waals surface area contributed by atoms with Crippen molar-refractivity contribution in [1.82, 2.24) is 15.5 Å². The van der Waals surface area contributed by atoms with Crippen LogP contribution in [-0.4, -0.2) is 49.4 Å². The molecular formula is C25H26F2N4O3. The predicted molar refractivity (Wildman–Crippen MR) is 123 cm³/mol. The zero-order chi connectivity index (χ0) is 23.9. The number of anilines is 1. The predicted octanol–water partition coefficient (Wildman–Crippen LogP) is 2.85. The highest BCUT2D eigenvalue weighted by molar-refractivity contribution is 6.35. The molecule has 1 aromatic heterocycles. The minimum Gasteiger partial charge on any atom is -0.468 e. The number of rotatable bonds is 7. The SMILES string of the molecule is O=C(NCc1ccc(F)cc1)C(=O)NCC(c1ccco1)N1CCN(c2ccc(F)cc2)CC1. The lowest BCUT2D eigenvalue weighted by Gasteiger charge is -2.39. The fourth-order valence-corrected chi connectivity index (χ4v) is 3.97. The zero-order valence-electron chi connectivity index (χ0n) is 18.5. The van der Waals surface area contributed by atoms with Crippen molar-refractivity contribution in [3.63, 3.8) is 0 Å². The van der Waals surface area contributed by atoms with Gasteiger partial charge in [0.05, 0.1) is 12.3 Å². The van der Waals surface area contributed by atoms with Crippen LogP contribution in [0.15, 0.2) is 71.3 Å². The molecule has 2 N–H and O–H groups in total. The van der Waals surface area contributed by atoms with Gasteiger partial charge in [0.25, 0.3) is 0 Å². The molecule has 2 heterocycles. The van der Waals surface area contributed by atoms with Gasteiger partial charge in [-0.1, -0.05) is 12.1 Å². The number of hydrogen-bond donors (Lipinski definition) is 2. The van der Waals surface area contributed by atoms with E-state index in [2.05, 4.69) is 20.4 Å². The molecular weight excluding hydrogens is 442 g/mol. The fourth-order valence-electron chi connectivity index (χ4n) is 3.97. The Labute approximate surface area is 196 Å². The number of carbonyl (C=O) groups is 2. The minimum atomic E-state index is -0.761. The fraction of sp³-hybridized carbons (Fsp3) is 0.280. The number of halogens is 2. The number of nitrogens with zero attached hydrogens (tertiary/aromatic N) is 2. The van der Waals surface area contributed by atoms with Crippen molar-refractivity contribution in [2.24, 2.45) is 0 Å². The monoisotopic (exact) mass is 468 g/mol. The molecule has 1 unspecified atom stereocenters. The van der Waals surface area contributed by atoms with Gasteiger partial charge < -0.3 is 20.0 Å². The maximum atomic E-state index is 13.2. The molecule has 1 saturated heterocycles. The largest absolute Gasteiger partial charge is 0.468 e. The molecule has 3 aromatic rings. The van der Waals surface area contributed by atoms with Crippen LogP contribution in [0.4, 0.5) is 14.5 Å². The summed E-state index contributed by atoms with van der Waals surface area (Å²) in [7, 11) is 0. The molecule has 9 heteroatoms. The molecule has 7 nitrogen and oxygen atoms in total. The van der Waals surface area contributed by atoms with Crippen LogP contribution in [-0.2, 0) is 16.1 Å². The maximum Gasteiger partial charge on any atom is 0.309 e. The average molecular weight is 469 g/mol. The Balaban J connectivity index is 1.31. The summed E-state index contributed by atoms with van der Waals surface area (Å²) in [6.45, 7) is 3.20. The third kappa shape index (κ3) is 5.99. The van der Waals surface area contributed by atoms with E-state index in [1.54, 1.807) is 36.6 Å². The molecule has 2 amide bonds. The number of nitrogens with one attached hydrogen (secondary N) is 2. The summed E-state index contributed by atoms with van der Waals surface area (Å²) in [5, 5.41) is 5.24. The van der Waals surface area contributed by atoms with Gasteiger partial charge in [-0.2, -0.15) is 0 Å². The first kappa shape index (κ1) is 23.4. The molecule has 1 atom stereocenters. The minimum absolute atomic E-state index is 0.124. The third-order valence-corrected chi connectivity index (χ3v) is 5.85. The molecule has 2 aromatic carbocycles. The Morgan fingerprint density at radius 2 is 1.47 bits per heavy atom. The topological polar surface area (TPSA) is 77.8 Å². The molecule has 178 valence electrons. The second-order valence-corrected chi connectivity index (χ2v) is 8.05. The molecule has 0 aliphatic carbocycles.